The summed E-state index contributed by atoms with van der Waals surface area (Å²) in [5.41, 5.74) is 2.39. The number of carbonyl (C=O) groups is 1. The lowest BCUT2D eigenvalue weighted by molar-refractivity contribution is 0.102. The Morgan fingerprint density at radius 1 is 0.862 bits per heavy atom. The number of rotatable bonds is 9. The smallest absolute Gasteiger partial charge is 0.259 e. The summed E-state index contributed by atoms with van der Waals surface area (Å²) in [5, 5.41) is 2.89. The molecule has 1 N–H and O–H groups in total. The third kappa shape index (κ3) is 5.75. The number of hydrogen-bond donors (Lipinski definition) is 1. The molecule has 0 saturated heterocycles. The van der Waals surface area contributed by atoms with E-state index < -0.39 is 0 Å². The van der Waals surface area contributed by atoms with Crippen molar-refractivity contribution in [2.24, 2.45) is 0 Å². The van der Waals surface area contributed by atoms with Crippen LogP contribution in [-0.4, -0.2) is 26.7 Å². The normalized spacial score (nSPS) is 10.3. The predicted molar refractivity (Wildman–Crippen MR) is 114 cm³/mol. The van der Waals surface area contributed by atoms with Crippen LogP contribution < -0.4 is 19.5 Å². The summed E-state index contributed by atoms with van der Waals surface area (Å²) in [7, 11) is 3.09. The number of aryl methyl sites for hydroxylation is 1. The molecule has 5 heteroatoms. The quantitative estimate of drug-likeness (QED) is 0.524. The molecule has 0 aliphatic heterocycles. The molecule has 29 heavy (non-hydrogen) atoms. The number of methoxy groups -OCH3 is 2. The lowest BCUT2D eigenvalue weighted by Gasteiger charge is -2.12. The van der Waals surface area contributed by atoms with E-state index in [4.69, 9.17) is 14.2 Å². The lowest BCUT2D eigenvalue weighted by Crippen LogP contribution is -2.13. The first-order valence-corrected chi connectivity index (χ1v) is 9.50. The molecule has 0 radical (unpaired) electrons. The highest BCUT2D eigenvalue weighted by Crippen LogP contribution is 2.26. The molecule has 0 saturated carbocycles. The molecule has 0 unspecified atom stereocenters. The Balaban J connectivity index is 1.57. The fourth-order valence-corrected chi connectivity index (χ4v) is 2.96. The zero-order valence-electron chi connectivity index (χ0n) is 16.7. The average Bonchev–Trinajstić information content (AvgIpc) is 2.77. The summed E-state index contributed by atoms with van der Waals surface area (Å²) in [6, 6.07) is 22.8. The van der Waals surface area contributed by atoms with Crippen LogP contribution in [-0.2, 0) is 6.42 Å². The van der Waals surface area contributed by atoms with Crippen molar-refractivity contribution >= 4 is 11.6 Å². The van der Waals surface area contributed by atoms with Crippen LogP contribution in [0, 0.1) is 0 Å². The van der Waals surface area contributed by atoms with E-state index in [9.17, 15) is 4.79 Å². The van der Waals surface area contributed by atoms with E-state index in [0.717, 1.165) is 18.6 Å². The SMILES string of the molecule is COc1ccc(C(=O)Nc2cccc(OCCCc3ccccc3)c2)c(OC)c1. The van der Waals surface area contributed by atoms with Gasteiger partial charge in [0.15, 0.2) is 0 Å². The Morgan fingerprint density at radius 3 is 2.45 bits per heavy atom. The van der Waals surface area contributed by atoms with Crippen molar-refractivity contribution in [3.05, 3.63) is 83.9 Å². The third-order valence-electron chi connectivity index (χ3n) is 4.47. The fourth-order valence-electron chi connectivity index (χ4n) is 2.96. The first-order valence-electron chi connectivity index (χ1n) is 9.50. The van der Waals surface area contributed by atoms with E-state index in [1.54, 1.807) is 25.3 Å². The van der Waals surface area contributed by atoms with Gasteiger partial charge in [0.05, 0.1) is 26.4 Å². The number of ether oxygens (including phenoxy) is 3. The zero-order chi connectivity index (χ0) is 20.5. The minimum Gasteiger partial charge on any atom is -0.497 e. The van der Waals surface area contributed by atoms with E-state index in [2.05, 4.69) is 17.4 Å². The van der Waals surface area contributed by atoms with Gasteiger partial charge in [-0.25, -0.2) is 0 Å². The zero-order valence-corrected chi connectivity index (χ0v) is 16.7. The summed E-state index contributed by atoms with van der Waals surface area (Å²) < 4.78 is 16.3. The van der Waals surface area contributed by atoms with E-state index in [0.29, 0.717) is 29.4 Å². The van der Waals surface area contributed by atoms with E-state index >= 15 is 0 Å². The largest absolute Gasteiger partial charge is 0.497 e. The Kier molecular flexibility index (Phi) is 7.11. The van der Waals surface area contributed by atoms with Crippen molar-refractivity contribution in [2.75, 3.05) is 26.1 Å². The van der Waals surface area contributed by atoms with Gasteiger partial charge in [-0.2, -0.15) is 0 Å². The summed E-state index contributed by atoms with van der Waals surface area (Å²) in [6.07, 6.45) is 1.89. The number of anilines is 1. The molecule has 3 aromatic carbocycles. The van der Waals surface area contributed by atoms with Crippen molar-refractivity contribution in [1.82, 2.24) is 0 Å². The maximum absolute atomic E-state index is 12.6. The fraction of sp³-hybridized carbons (Fsp3) is 0.208. The molecule has 0 aliphatic carbocycles. The van der Waals surface area contributed by atoms with Gasteiger partial charge >= 0.3 is 0 Å². The van der Waals surface area contributed by atoms with Crippen LogP contribution in [0.15, 0.2) is 72.8 Å². The maximum atomic E-state index is 12.6. The van der Waals surface area contributed by atoms with Crippen LogP contribution in [0.5, 0.6) is 17.2 Å². The second kappa shape index (κ2) is 10.2. The molecule has 0 fully saturated rings. The van der Waals surface area contributed by atoms with Gasteiger partial charge in [0.25, 0.3) is 5.91 Å². The van der Waals surface area contributed by atoms with Gasteiger partial charge in [0.2, 0.25) is 0 Å². The number of benzene rings is 3. The molecule has 1 amide bonds. The Bertz CT molecular complexity index is 941. The minimum absolute atomic E-state index is 0.259. The van der Waals surface area contributed by atoms with Crippen molar-refractivity contribution in [3.63, 3.8) is 0 Å². The van der Waals surface area contributed by atoms with Crippen molar-refractivity contribution in [1.29, 1.82) is 0 Å². The minimum atomic E-state index is -0.259. The van der Waals surface area contributed by atoms with Gasteiger partial charge in [0.1, 0.15) is 17.2 Å². The topological polar surface area (TPSA) is 56.8 Å². The van der Waals surface area contributed by atoms with Crippen molar-refractivity contribution in [3.8, 4) is 17.2 Å². The van der Waals surface area contributed by atoms with Crippen molar-refractivity contribution < 1.29 is 19.0 Å². The molecule has 3 aromatic rings. The number of amides is 1. The highest BCUT2D eigenvalue weighted by Gasteiger charge is 2.14. The second-order valence-corrected chi connectivity index (χ2v) is 6.49. The Morgan fingerprint density at radius 2 is 1.69 bits per heavy atom. The second-order valence-electron chi connectivity index (χ2n) is 6.49. The van der Waals surface area contributed by atoms with Crippen LogP contribution in [0.2, 0.25) is 0 Å². The molecule has 0 spiro atoms. The van der Waals surface area contributed by atoms with Gasteiger partial charge in [-0.05, 0) is 42.7 Å². The molecule has 0 heterocycles. The van der Waals surface area contributed by atoms with Crippen LogP contribution in [0.1, 0.15) is 22.3 Å². The van der Waals surface area contributed by atoms with Crippen LogP contribution in [0.25, 0.3) is 0 Å². The number of hydrogen-bond acceptors (Lipinski definition) is 4. The molecule has 5 nitrogen and oxygen atoms in total. The van der Waals surface area contributed by atoms with E-state index in [1.807, 2.05) is 42.5 Å². The average molecular weight is 391 g/mol. The molecular weight excluding hydrogens is 366 g/mol. The molecule has 0 bridgehead atoms. The molecule has 0 aromatic heterocycles. The van der Waals surface area contributed by atoms with Gasteiger partial charge in [-0.3, -0.25) is 4.79 Å². The van der Waals surface area contributed by atoms with Crippen LogP contribution in [0.3, 0.4) is 0 Å². The predicted octanol–water partition coefficient (Wildman–Crippen LogP) is 4.97. The summed E-state index contributed by atoms with van der Waals surface area (Å²) >= 11 is 0. The third-order valence-corrected chi connectivity index (χ3v) is 4.47. The Labute approximate surface area is 171 Å². The summed E-state index contributed by atoms with van der Waals surface area (Å²) in [5.74, 6) is 1.54. The lowest BCUT2D eigenvalue weighted by atomic mass is 10.1. The standard InChI is InChI=1S/C24H25NO4/c1-27-20-13-14-22(23(17-20)28-2)24(26)25-19-11-6-12-21(16-19)29-15-7-10-18-8-4-3-5-9-18/h3-6,8-9,11-14,16-17H,7,10,15H2,1-2H3,(H,25,26). The van der Waals surface area contributed by atoms with Crippen LogP contribution >= 0.6 is 0 Å². The van der Waals surface area contributed by atoms with Gasteiger partial charge in [-0.1, -0.05) is 36.4 Å². The summed E-state index contributed by atoms with van der Waals surface area (Å²) in [4.78, 5) is 12.6. The molecule has 150 valence electrons. The first-order chi connectivity index (χ1) is 14.2. The van der Waals surface area contributed by atoms with E-state index in [-0.39, 0.29) is 5.91 Å². The first kappa shape index (κ1) is 20.3. The highest BCUT2D eigenvalue weighted by molar-refractivity contribution is 6.06. The summed E-state index contributed by atoms with van der Waals surface area (Å²) in [6.45, 7) is 0.610. The highest BCUT2D eigenvalue weighted by atomic mass is 16.5. The Hall–Kier alpha value is -3.47. The molecule has 3 rings (SSSR count). The monoisotopic (exact) mass is 391 g/mol. The van der Waals surface area contributed by atoms with E-state index in [1.165, 1.54) is 12.7 Å². The number of carbonyl (C=O) groups excluding carboxylic acids is 1. The number of nitrogens with one attached hydrogen (secondary N) is 1. The van der Waals surface area contributed by atoms with Gasteiger partial charge in [0, 0.05) is 17.8 Å². The molecular formula is C24H25NO4. The maximum Gasteiger partial charge on any atom is 0.259 e. The molecule has 0 aliphatic rings. The van der Waals surface area contributed by atoms with Crippen LogP contribution in [0.4, 0.5) is 5.69 Å². The van der Waals surface area contributed by atoms with Gasteiger partial charge in [-0.15, -0.1) is 0 Å². The molecule has 0 atom stereocenters. The van der Waals surface area contributed by atoms with Crippen molar-refractivity contribution in [2.45, 2.75) is 12.8 Å². The van der Waals surface area contributed by atoms with Gasteiger partial charge < -0.3 is 19.5 Å².